The molecule has 0 spiro atoms. The van der Waals surface area contributed by atoms with E-state index in [0.717, 1.165) is 17.7 Å². The minimum Gasteiger partial charge on any atom is -0.513 e. The maximum atomic E-state index is 12.9. The van der Waals surface area contributed by atoms with Crippen molar-refractivity contribution in [3.8, 4) is 0 Å². The first-order valence-corrected chi connectivity index (χ1v) is 10.9. The molecule has 6 nitrogen and oxygen atoms in total. The van der Waals surface area contributed by atoms with Gasteiger partial charge in [-0.1, -0.05) is 48.5 Å². The summed E-state index contributed by atoms with van der Waals surface area (Å²) in [4.78, 5) is 16.0. The molecule has 0 saturated heterocycles. The highest BCUT2D eigenvalue weighted by atomic mass is 35.5. The van der Waals surface area contributed by atoms with E-state index in [1.54, 1.807) is 18.2 Å². The smallest absolute Gasteiger partial charge is 0.416 e. The standard InChI is InChI=1S/C25H26ClF3N4O2/c1-16(34)7-6-14-24(4,33-35)32-23(31-18(3)20-8-5-9-22(26)15-20)30-17(2)19-10-12-21(13-11-19)25(27,28)29/h5-15,18,34H,2H2,1,3-4H3,(H2,30,31,32)/b14-6-,16-7+. The molecule has 2 aromatic rings. The van der Waals surface area contributed by atoms with Crippen LogP contribution in [0.4, 0.5) is 13.2 Å². The Labute approximate surface area is 206 Å². The van der Waals surface area contributed by atoms with Crippen LogP contribution < -0.4 is 10.6 Å². The number of nitrogens with one attached hydrogen (secondary N) is 2. The number of aliphatic hydroxyl groups is 1. The molecule has 0 amide bonds. The fraction of sp³-hybridized carbons (Fsp3) is 0.240. The third kappa shape index (κ3) is 8.60. The van der Waals surface area contributed by atoms with Crippen LogP contribution in [0.5, 0.6) is 0 Å². The molecule has 0 heterocycles. The second-order valence-corrected chi connectivity index (χ2v) is 8.37. The number of hydrogen-bond donors (Lipinski definition) is 3. The van der Waals surface area contributed by atoms with Crippen molar-refractivity contribution >= 4 is 23.3 Å². The van der Waals surface area contributed by atoms with Crippen molar-refractivity contribution in [1.82, 2.24) is 10.6 Å². The second kappa shape index (κ2) is 11.7. The third-order valence-electron chi connectivity index (χ3n) is 4.81. The topological polar surface area (TPSA) is 86.1 Å². The summed E-state index contributed by atoms with van der Waals surface area (Å²) in [5, 5.41) is 19.0. The number of nitroso groups, excluding NO2 is 1. The van der Waals surface area contributed by atoms with E-state index < -0.39 is 17.4 Å². The summed E-state index contributed by atoms with van der Waals surface area (Å²) in [6, 6.07) is 11.2. The number of aliphatic hydroxyl groups excluding tert-OH is 1. The van der Waals surface area contributed by atoms with Gasteiger partial charge in [-0.05, 0) is 73.5 Å². The molecule has 35 heavy (non-hydrogen) atoms. The zero-order valence-electron chi connectivity index (χ0n) is 19.4. The average molecular weight is 507 g/mol. The van der Waals surface area contributed by atoms with E-state index in [1.807, 2.05) is 13.0 Å². The molecule has 0 bridgehead atoms. The van der Waals surface area contributed by atoms with Gasteiger partial charge < -0.3 is 15.7 Å². The monoisotopic (exact) mass is 506 g/mol. The first-order chi connectivity index (χ1) is 16.3. The normalized spacial score (nSPS) is 15.4. The Kier molecular flexibility index (Phi) is 9.25. The summed E-state index contributed by atoms with van der Waals surface area (Å²) >= 11 is 6.09. The highest BCUT2D eigenvalue weighted by Gasteiger charge is 2.30. The summed E-state index contributed by atoms with van der Waals surface area (Å²) in [5.41, 5.74) is -0.951. The van der Waals surface area contributed by atoms with E-state index in [2.05, 4.69) is 27.4 Å². The maximum absolute atomic E-state index is 12.9. The summed E-state index contributed by atoms with van der Waals surface area (Å²) in [6.45, 7) is 8.65. The van der Waals surface area contributed by atoms with Gasteiger partial charge in [0.15, 0.2) is 11.6 Å². The highest BCUT2D eigenvalue weighted by Crippen LogP contribution is 2.30. The fourth-order valence-corrected chi connectivity index (χ4v) is 3.12. The van der Waals surface area contributed by atoms with Crippen molar-refractivity contribution in [3.63, 3.8) is 0 Å². The molecule has 0 aromatic heterocycles. The van der Waals surface area contributed by atoms with Crippen molar-refractivity contribution in [1.29, 1.82) is 0 Å². The second-order valence-electron chi connectivity index (χ2n) is 7.93. The van der Waals surface area contributed by atoms with E-state index in [0.29, 0.717) is 10.6 Å². The van der Waals surface area contributed by atoms with Gasteiger partial charge in [-0.25, -0.2) is 4.99 Å². The number of hydrogen-bond acceptors (Lipinski definition) is 4. The first kappa shape index (κ1) is 27.7. The largest absolute Gasteiger partial charge is 0.513 e. The number of aliphatic imine (C=N–C) groups is 1. The van der Waals surface area contributed by atoms with Crippen LogP contribution in [-0.4, -0.2) is 16.7 Å². The van der Waals surface area contributed by atoms with Gasteiger partial charge in [0.25, 0.3) is 0 Å². The molecule has 10 heteroatoms. The molecule has 2 aromatic carbocycles. The Morgan fingerprint density at radius 3 is 2.40 bits per heavy atom. The number of nitrogens with zero attached hydrogens (tertiary/aromatic N) is 2. The molecule has 2 unspecified atom stereocenters. The summed E-state index contributed by atoms with van der Waals surface area (Å²) in [5.74, 6) is 0.130. The molecule has 0 aliphatic carbocycles. The quantitative estimate of drug-likeness (QED) is 0.117. The zero-order chi connectivity index (χ0) is 26.2. The summed E-state index contributed by atoms with van der Waals surface area (Å²) in [7, 11) is 0. The van der Waals surface area contributed by atoms with Crippen molar-refractivity contribution in [2.75, 3.05) is 0 Å². The summed E-state index contributed by atoms with van der Waals surface area (Å²) < 4.78 is 38.7. The van der Waals surface area contributed by atoms with Gasteiger partial charge >= 0.3 is 6.18 Å². The molecule has 3 N–H and O–H groups in total. The zero-order valence-corrected chi connectivity index (χ0v) is 20.2. The Bertz CT molecular complexity index is 1140. The fourth-order valence-electron chi connectivity index (χ4n) is 2.92. The molecule has 2 rings (SSSR count). The van der Waals surface area contributed by atoms with Crippen molar-refractivity contribution < 1.29 is 18.3 Å². The van der Waals surface area contributed by atoms with E-state index >= 15 is 0 Å². The van der Waals surface area contributed by atoms with E-state index in [4.69, 9.17) is 11.6 Å². The lowest BCUT2D eigenvalue weighted by atomic mass is 10.1. The number of allylic oxidation sites excluding steroid dienone is 3. The van der Waals surface area contributed by atoms with E-state index in [9.17, 15) is 23.2 Å². The lowest BCUT2D eigenvalue weighted by Crippen LogP contribution is -2.49. The van der Waals surface area contributed by atoms with Crippen molar-refractivity contribution in [2.24, 2.45) is 10.2 Å². The molecular formula is C25H26ClF3N4O2. The number of halogens is 4. The number of alkyl halides is 3. The molecule has 0 aliphatic heterocycles. The Balaban J connectivity index is 2.40. The molecular weight excluding hydrogens is 481 g/mol. The molecule has 0 fully saturated rings. The maximum Gasteiger partial charge on any atom is 0.416 e. The van der Waals surface area contributed by atoms with Crippen LogP contribution in [0.25, 0.3) is 5.70 Å². The van der Waals surface area contributed by atoms with Gasteiger partial charge in [-0.15, -0.1) is 4.91 Å². The molecule has 2 atom stereocenters. The van der Waals surface area contributed by atoms with E-state index in [-0.39, 0.29) is 23.5 Å². The van der Waals surface area contributed by atoms with Crippen molar-refractivity contribution in [3.05, 3.63) is 106 Å². The molecule has 0 radical (unpaired) electrons. The predicted octanol–water partition coefficient (Wildman–Crippen LogP) is 7.13. The Morgan fingerprint density at radius 2 is 1.86 bits per heavy atom. The van der Waals surface area contributed by atoms with Crippen LogP contribution in [0, 0.1) is 4.91 Å². The van der Waals surface area contributed by atoms with Crippen LogP contribution in [0.2, 0.25) is 5.02 Å². The van der Waals surface area contributed by atoms with Gasteiger partial charge in [-0.3, -0.25) is 0 Å². The molecule has 0 saturated carbocycles. The number of guanidine groups is 1. The first-order valence-electron chi connectivity index (χ1n) is 10.5. The highest BCUT2D eigenvalue weighted by molar-refractivity contribution is 6.30. The number of benzene rings is 2. The van der Waals surface area contributed by atoms with Gasteiger partial charge in [0.05, 0.1) is 23.1 Å². The SMILES string of the molecule is C=C(/N=C(/NC(C)c1cccc(Cl)c1)NC(C)(/C=C\C=C(/C)O)N=O)c1ccc(C(F)(F)F)cc1. The van der Waals surface area contributed by atoms with Crippen LogP contribution in [0.15, 0.2) is 89.3 Å². The molecule has 0 aliphatic rings. The van der Waals surface area contributed by atoms with Crippen LogP contribution >= 0.6 is 11.6 Å². The van der Waals surface area contributed by atoms with Crippen LogP contribution in [0.3, 0.4) is 0 Å². The number of rotatable bonds is 8. The summed E-state index contributed by atoms with van der Waals surface area (Å²) in [6.07, 6.45) is -0.214. The van der Waals surface area contributed by atoms with Crippen LogP contribution in [0.1, 0.15) is 43.5 Å². The Morgan fingerprint density at radius 1 is 1.20 bits per heavy atom. The lowest BCUT2D eigenvalue weighted by Gasteiger charge is -2.25. The minimum atomic E-state index is -4.46. The van der Waals surface area contributed by atoms with Crippen molar-refractivity contribution in [2.45, 2.75) is 38.7 Å². The van der Waals surface area contributed by atoms with Gasteiger partial charge in [0.2, 0.25) is 0 Å². The Hall–Kier alpha value is -3.59. The minimum absolute atomic E-state index is 0.0341. The van der Waals surface area contributed by atoms with Gasteiger partial charge in [-0.2, -0.15) is 13.2 Å². The average Bonchev–Trinajstić information content (AvgIpc) is 2.78. The third-order valence-corrected chi connectivity index (χ3v) is 5.05. The van der Waals surface area contributed by atoms with E-state index in [1.165, 1.54) is 44.2 Å². The van der Waals surface area contributed by atoms with Gasteiger partial charge in [0.1, 0.15) is 0 Å². The van der Waals surface area contributed by atoms with Crippen LogP contribution in [-0.2, 0) is 6.18 Å². The lowest BCUT2D eigenvalue weighted by molar-refractivity contribution is -0.137. The van der Waals surface area contributed by atoms with Gasteiger partial charge in [0, 0.05) is 5.02 Å². The molecule has 186 valence electrons. The predicted molar refractivity (Wildman–Crippen MR) is 134 cm³/mol.